The van der Waals surface area contributed by atoms with Crippen molar-refractivity contribution in [3.63, 3.8) is 0 Å². The highest BCUT2D eigenvalue weighted by Crippen LogP contribution is 2.40. The lowest BCUT2D eigenvalue weighted by atomic mass is 10.1. The molecular weight excluding hydrogens is 423 g/mol. The third kappa shape index (κ3) is 3.84. The SMILES string of the molecule is CN(C)c1ccc(CN2CCN(c3c(F)cc4c(=O)c(C=O)cn5c4c3OCC5)CC2)cc1. The molecule has 3 heterocycles. The Morgan fingerprint density at radius 2 is 1.82 bits per heavy atom. The van der Waals surface area contributed by atoms with Gasteiger partial charge in [-0.05, 0) is 23.8 Å². The van der Waals surface area contributed by atoms with Crippen molar-refractivity contribution in [2.24, 2.45) is 0 Å². The molecule has 0 unspecified atom stereocenters. The zero-order chi connectivity index (χ0) is 23.1. The molecule has 7 nitrogen and oxygen atoms in total. The van der Waals surface area contributed by atoms with E-state index in [9.17, 15) is 9.59 Å². The molecule has 172 valence electrons. The molecule has 0 aliphatic carbocycles. The molecule has 33 heavy (non-hydrogen) atoms. The Morgan fingerprint density at radius 1 is 1.09 bits per heavy atom. The molecule has 1 fully saturated rings. The van der Waals surface area contributed by atoms with E-state index in [2.05, 4.69) is 34.1 Å². The maximum atomic E-state index is 15.3. The van der Waals surface area contributed by atoms with E-state index >= 15 is 4.39 Å². The predicted octanol–water partition coefficient (Wildman–Crippen LogP) is 2.73. The van der Waals surface area contributed by atoms with Crippen LogP contribution in [0.25, 0.3) is 10.9 Å². The van der Waals surface area contributed by atoms with E-state index in [0.717, 1.165) is 19.6 Å². The molecule has 0 radical (unpaired) electrons. The Hall–Kier alpha value is -3.39. The second kappa shape index (κ2) is 8.51. The van der Waals surface area contributed by atoms with Crippen molar-refractivity contribution in [1.29, 1.82) is 0 Å². The summed E-state index contributed by atoms with van der Waals surface area (Å²) in [5.74, 6) is -0.0858. The first-order chi connectivity index (χ1) is 16.0. The lowest BCUT2D eigenvalue weighted by Crippen LogP contribution is -2.46. The highest BCUT2D eigenvalue weighted by molar-refractivity contribution is 5.94. The van der Waals surface area contributed by atoms with Crippen LogP contribution in [0.4, 0.5) is 15.8 Å². The number of rotatable bonds is 5. The fourth-order valence-electron chi connectivity index (χ4n) is 4.74. The molecule has 1 aromatic heterocycles. The van der Waals surface area contributed by atoms with Crippen molar-refractivity contribution in [2.75, 3.05) is 56.7 Å². The minimum absolute atomic E-state index is 0.0368. The van der Waals surface area contributed by atoms with E-state index in [4.69, 9.17) is 4.74 Å². The minimum atomic E-state index is -0.487. The number of aromatic nitrogens is 1. The molecule has 2 aromatic carbocycles. The first-order valence-electron chi connectivity index (χ1n) is 11.2. The largest absolute Gasteiger partial charge is 0.487 e. The van der Waals surface area contributed by atoms with E-state index in [1.54, 1.807) is 6.20 Å². The Balaban J connectivity index is 1.39. The monoisotopic (exact) mass is 450 g/mol. The van der Waals surface area contributed by atoms with E-state index in [-0.39, 0.29) is 10.9 Å². The van der Waals surface area contributed by atoms with Crippen LogP contribution >= 0.6 is 0 Å². The highest BCUT2D eigenvalue weighted by Gasteiger charge is 2.28. The number of aldehydes is 1. The van der Waals surface area contributed by atoms with Gasteiger partial charge < -0.3 is 19.1 Å². The standard InChI is InChI=1S/C25H27FN4O3/c1-27(2)19-5-3-17(4-6-19)14-28-7-9-29(10-8-28)23-21(26)13-20-22-25(23)33-12-11-30(22)15-18(16-31)24(20)32/h3-6,13,15-16H,7-12,14H2,1-2H3. The third-order valence-corrected chi connectivity index (χ3v) is 6.52. The number of benzene rings is 2. The summed E-state index contributed by atoms with van der Waals surface area (Å²) in [4.78, 5) is 30.4. The molecule has 2 aliphatic rings. The normalized spacial score (nSPS) is 16.0. The van der Waals surface area contributed by atoms with Gasteiger partial charge in [0.25, 0.3) is 0 Å². The van der Waals surface area contributed by atoms with E-state index in [1.807, 2.05) is 23.6 Å². The molecule has 0 amide bonds. The van der Waals surface area contributed by atoms with Gasteiger partial charge in [0.15, 0.2) is 23.3 Å². The number of halogens is 1. The van der Waals surface area contributed by atoms with Gasteiger partial charge in [0.2, 0.25) is 0 Å². The summed E-state index contributed by atoms with van der Waals surface area (Å²) < 4.78 is 23.0. The van der Waals surface area contributed by atoms with Crippen LogP contribution in [-0.2, 0) is 13.1 Å². The second-order valence-corrected chi connectivity index (χ2v) is 8.83. The first-order valence-corrected chi connectivity index (χ1v) is 11.2. The Morgan fingerprint density at radius 3 is 2.48 bits per heavy atom. The molecule has 0 atom stereocenters. The van der Waals surface area contributed by atoms with Crippen molar-refractivity contribution < 1.29 is 13.9 Å². The summed E-state index contributed by atoms with van der Waals surface area (Å²) in [6.45, 7) is 4.63. The fourth-order valence-corrected chi connectivity index (χ4v) is 4.74. The number of carbonyl (C=O) groups excluding carboxylic acids is 1. The van der Waals surface area contributed by atoms with Crippen LogP contribution in [0.1, 0.15) is 15.9 Å². The zero-order valence-electron chi connectivity index (χ0n) is 18.9. The maximum absolute atomic E-state index is 15.3. The number of anilines is 2. The Labute approximate surface area is 191 Å². The van der Waals surface area contributed by atoms with Gasteiger partial charge >= 0.3 is 0 Å². The smallest absolute Gasteiger partial charge is 0.200 e. The summed E-state index contributed by atoms with van der Waals surface area (Å²) in [7, 11) is 4.05. The van der Waals surface area contributed by atoms with E-state index in [0.29, 0.717) is 49.5 Å². The average molecular weight is 451 g/mol. The van der Waals surface area contributed by atoms with Gasteiger partial charge in [-0.15, -0.1) is 0 Å². The van der Waals surface area contributed by atoms with Gasteiger partial charge in [0.1, 0.15) is 12.3 Å². The molecular formula is C25H27FN4O3. The molecule has 0 N–H and O–H groups in total. The predicted molar refractivity (Wildman–Crippen MR) is 127 cm³/mol. The van der Waals surface area contributed by atoms with Crippen LogP contribution in [0.2, 0.25) is 0 Å². The number of hydrogen-bond donors (Lipinski definition) is 0. The van der Waals surface area contributed by atoms with Gasteiger partial charge in [-0.1, -0.05) is 12.1 Å². The van der Waals surface area contributed by atoms with E-state index in [1.165, 1.54) is 17.3 Å². The van der Waals surface area contributed by atoms with Crippen molar-refractivity contribution in [3.8, 4) is 5.75 Å². The molecule has 8 heteroatoms. The van der Waals surface area contributed by atoms with Gasteiger partial charge in [-0.3, -0.25) is 14.5 Å². The van der Waals surface area contributed by atoms with Crippen molar-refractivity contribution in [1.82, 2.24) is 9.47 Å². The quantitative estimate of drug-likeness (QED) is 0.558. The van der Waals surface area contributed by atoms with Crippen LogP contribution in [0.5, 0.6) is 5.75 Å². The molecule has 0 spiro atoms. The molecule has 0 saturated carbocycles. The van der Waals surface area contributed by atoms with E-state index < -0.39 is 11.2 Å². The lowest BCUT2D eigenvalue weighted by molar-refractivity contribution is 0.112. The van der Waals surface area contributed by atoms with Crippen LogP contribution in [0.3, 0.4) is 0 Å². The number of hydrogen-bond acceptors (Lipinski definition) is 6. The molecule has 5 rings (SSSR count). The Kier molecular flexibility index (Phi) is 5.54. The molecule has 0 bridgehead atoms. The summed E-state index contributed by atoms with van der Waals surface area (Å²) >= 11 is 0. The second-order valence-electron chi connectivity index (χ2n) is 8.83. The maximum Gasteiger partial charge on any atom is 0.200 e. The molecule has 1 saturated heterocycles. The van der Waals surface area contributed by atoms with Crippen LogP contribution in [0, 0.1) is 5.82 Å². The fraction of sp³-hybridized carbons (Fsp3) is 0.360. The van der Waals surface area contributed by atoms with Gasteiger partial charge in [-0.25, -0.2) is 4.39 Å². The summed E-state index contributed by atoms with van der Waals surface area (Å²) in [6, 6.07) is 9.79. The number of nitrogens with zero attached hydrogens (tertiary/aromatic N) is 4. The molecule has 2 aliphatic heterocycles. The number of pyridine rings is 1. The summed E-state index contributed by atoms with van der Waals surface area (Å²) in [6.07, 6.45) is 2.07. The highest BCUT2D eigenvalue weighted by atomic mass is 19.1. The average Bonchev–Trinajstić information content (AvgIpc) is 2.82. The van der Waals surface area contributed by atoms with Crippen molar-refractivity contribution >= 4 is 28.6 Å². The Bertz CT molecular complexity index is 1260. The van der Waals surface area contributed by atoms with Gasteiger partial charge in [0.05, 0.1) is 23.0 Å². The van der Waals surface area contributed by atoms with Crippen LogP contribution < -0.4 is 20.0 Å². The lowest BCUT2D eigenvalue weighted by Gasteiger charge is -2.37. The van der Waals surface area contributed by atoms with Gasteiger partial charge in [-0.2, -0.15) is 0 Å². The van der Waals surface area contributed by atoms with Crippen molar-refractivity contribution in [2.45, 2.75) is 13.1 Å². The zero-order valence-corrected chi connectivity index (χ0v) is 18.9. The number of ether oxygens (including phenoxy) is 1. The van der Waals surface area contributed by atoms with Crippen LogP contribution in [0.15, 0.2) is 41.3 Å². The number of carbonyl (C=O) groups is 1. The van der Waals surface area contributed by atoms with Gasteiger partial charge in [0, 0.05) is 58.7 Å². The third-order valence-electron chi connectivity index (χ3n) is 6.52. The molecule has 3 aromatic rings. The van der Waals surface area contributed by atoms with Crippen molar-refractivity contribution in [3.05, 3.63) is 63.7 Å². The number of piperazine rings is 1. The summed E-state index contributed by atoms with van der Waals surface area (Å²) in [5, 5.41) is 0.190. The first kappa shape index (κ1) is 21.5. The minimum Gasteiger partial charge on any atom is -0.487 e. The summed E-state index contributed by atoms with van der Waals surface area (Å²) in [5.41, 5.74) is 2.97. The topological polar surface area (TPSA) is 58.0 Å². The van der Waals surface area contributed by atoms with Crippen LogP contribution in [-0.4, -0.2) is 62.6 Å².